The Labute approximate surface area is 60.9 Å². The van der Waals surface area contributed by atoms with Gasteiger partial charge >= 0.3 is 12.1 Å². The molecule has 1 rings (SSSR count). The summed E-state index contributed by atoms with van der Waals surface area (Å²) in [7, 11) is 0. The molecular weight excluding hydrogens is 162 g/mol. The average Bonchev–Trinajstić information content (AvgIpc) is 1.82. The average molecular weight is 166 g/mol. The third-order valence-corrected chi connectivity index (χ3v) is 1.23. The second-order valence-electron chi connectivity index (χ2n) is 1.59. The minimum atomic E-state index is -1.46. The lowest BCUT2D eigenvalue weighted by Gasteiger charge is -2.25. The number of carbonyl (C=O) groups is 2. The highest BCUT2D eigenvalue weighted by Crippen LogP contribution is 2.01. The van der Waals surface area contributed by atoms with Crippen LogP contribution in [0.2, 0.25) is 0 Å². The number of aliphatic hydroxyl groups is 1. The van der Waals surface area contributed by atoms with Crippen molar-refractivity contribution in [2.75, 3.05) is 0 Å². The lowest BCUT2D eigenvalue weighted by molar-refractivity contribution is 0.0509. The SMILES string of the molecule is O=C1NC(=O)N(Cl)C(O)N1. The summed E-state index contributed by atoms with van der Waals surface area (Å²) in [6.07, 6.45) is -1.46. The molecule has 1 aliphatic heterocycles. The number of halogens is 1. The van der Waals surface area contributed by atoms with E-state index in [1.54, 1.807) is 5.32 Å². The van der Waals surface area contributed by atoms with E-state index in [0.717, 1.165) is 0 Å². The molecule has 0 spiro atoms. The molecule has 1 aliphatic rings. The Morgan fingerprint density at radius 3 is 2.70 bits per heavy atom. The molecule has 3 N–H and O–H groups in total. The zero-order valence-electron chi connectivity index (χ0n) is 4.67. The fourth-order valence-electron chi connectivity index (χ4n) is 0.472. The van der Waals surface area contributed by atoms with Crippen molar-refractivity contribution in [3.05, 3.63) is 0 Å². The molecule has 0 aromatic rings. The van der Waals surface area contributed by atoms with Crippen molar-refractivity contribution in [3.8, 4) is 0 Å². The van der Waals surface area contributed by atoms with E-state index in [9.17, 15) is 9.59 Å². The molecule has 1 saturated heterocycles. The Bertz CT molecular complexity index is 184. The third-order valence-electron chi connectivity index (χ3n) is 0.889. The van der Waals surface area contributed by atoms with Crippen molar-refractivity contribution in [2.24, 2.45) is 0 Å². The molecule has 56 valence electrons. The van der Waals surface area contributed by atoms with Crippen molar-refractivity contribution < 1.29 is 14.7 Å². The molecule has 0 radical (unpaired) electrons. The summed E-state index contributed by atoms with van der Waals surface area (Å²) >= 11 is 5.14. The van der Waals surface area contributed by atoms with Gasteiger partial charge in [-0.1, -0.05) is 0 Å². The Hall–Kier alpha value is -1.01. The molecule has 1 atom stereocenters. The van der Waals surface area contributed by atoms with Crippen molar-refractivity contribution in [3.63, 3.8) is 0 Å². The van der Waals surface area contributed by atoms with Gasteiger partial charge in [-0.25, -0.2) is 9.59 Å². The zero-order chi connectivity index (χ0) is 7.72. The number of amides is 4. The van der Waals surface area contributed by atoms with Crippen LogP contribution in [0.3, 0.4) is 0 Å². The fraction of sp³-hybridized carbons (Fsp3) is 0.333. The molecule has 1 fully saturated rings. The van der Waals surface area contributed by atoms with Gasteiger partial charge < -0.3 is 5.11 Å². The first-order valence-corrected chi connectivity index (χ1v) is 2.69. The maximum absolute atomic E-state index is 10.5. The number of nitrogens with zero attached hydrogens (tertiary/aromatic N) is 1. The Morgan fingerprint density at radius 1 is 1.60 bits per heavy atom. The van der Waals surface area contributed by atoms with Crippen LogP contribution in [-0.2, 0) is 0 Å². The van der Waals surface area contributed by atoms with E-state index in [0.29, 0.717) is 4.42 Å². The van der Waals surface area contributed by atoms with Gasteiger partial charge in [0, 0.05) is 11.8 Å². The quantitative estimate of drug-likeness (QED) is 0.409. The maximum atomic E-state index is 10.5. The van der Waals surface area contributed by atoms with Gasteiger partial charge in [-0.15, -0.1) is 0 Å². The molecule has 0 bridgehead atoms. The van der Waals surface area contributed by atoms with E-state index in [1.165, 1.54) is 0 Å². The van der Waals surface area contributed by atoms with E-state index >= 15 is 0 Å². The number of aliphatic hydroxyl groups excluding tert-OH is 1. The highest BCUT2D eigenvalue weighted by atomic mass is 35.5. The van der Waals surface area contributed by atoms with Gasteiger partial charge in [0.05, 0.1) is 0 Å². The fourth-order valence-corrected chi connectivity index (χ4v) is 0.563. The molecule has 1 heterocycles. The molecular formula is C3H4ClN3O3. The Kier molecular flexibility index (Phi) is 1.64. The Morgan fingerprint density at radius 2 is 2.20 bits per heavy atom. The number of nitrogens with one attached hydrogen (secondary N) is 2. The zero-order valence-corrected chi connectivity index (χ0v) is 5.42. The monoisotopic (exact) mass is 165 g/mol. The first-order chi connectivity index (χ1) is 4.61. The van der Waals surface area contributed by atoms with E-state index in [2.05, 4.69) is 0 Å². The molecule has 6 nitrogen and oxygen atoms in total. The summed E-state index contributed by atoms with van der Waals surface area (Å²) in [5, 5.41) is 12.5. The molecule has 4 amide bonds. The van der Waals surface area contributed by atoms with Crippen LogP contribution in [0, 0.1) is 0 Å². The van der Waals surface area contributed by atoms with Crippen molar-refractivity contribution in [1.29, 1.82) is 0 Å². The first-order valence-electron chi connectivity index (χ1n) is 2.36. The largest absolute Gasteiger partial charge is 0.355 e. The normalized spacial score (nSPS) is 25.8. The number of hydrogen-bond donors (Lipinski definition) is 3. The molecule has 7 heteroatoms. The van der Waals surface area contributed by atoms with Gasteiger partial charge in [0.25, 0.3) is 0 Å². The summed E-state index contributed by atoms with van der Waals surface area (Å²) in [5.74, 6) is 0. The number of urea groups is 2. The van der Waals surface area contributed by atoms with Gasteiger partial charge in [-0.05, 0) is 0 Å². The molecule has 0 aromatic carbocycles. The van der Waals surface area contributed by atoms with Gasteiger partial charge in [-0.2, -0.15) is 4.42 Å². The first kappa shape index (κ1) is 7.10. The van der Waals surface area contributed by atoms with Crippen LogP contribution in [0.1, 0.15) is 0 Å². The predicted octanol–water partition coefficient (Wildman–Crippen LogP) is -0.849. The minimum Gasteiger partial charge on any atom is -0.355 e. The summed E-state index contributed by atoms with van der Waals surface area (Å²) in [6.45, 7) is 0. The Balaban J connectivity index is 2.66. The third kappa shape index (κ3) is 1.12. The van der Waals surface area contributed by atoms with Crippen LogP contribution in [0.5, 0.6) is 0 Å². The van der Waals surface area contributed by atoms with Crippen molar-refractivity contribution in [2.45, 2.75) is 6.35 Å². The lowest BCUT2D eigenvalue weighted by atomic mass is 10.7. The topological polar surface area (TPSA) is 81.7 Å². The summed E-state index contributed by atoms with van der Waals surface area (Å²) in [5.41, 5.74) is 0. The molecule has 0 aliphatic carbocycles. The van der Waals surface area contributed by atoms with Crippen LogP contribution in [0.15, 0.2) is 0 Å². The van der Waals surface area contributed by atoms with Crippen LogP contribution in [0.4, 0.5) is 9.59 Å². The number of hydrogen-bond acceptors (Lipinski definition) is 3. The molecule has 0 saturated carbocycles. The van der Waals surface area contributed by atoms with Crippen LogP contribution in [-0.4, -0.2) is 27.9 Å². The molecule has 1 unspecified atom stereocenters. The molecule has 10 heavy (non-hydrogen) atoms. The highest BCUT2D eigenvalue weighted by molar-refractivity contribution is 6.23. The predicted molar refractivity (Wildman–Crippen MR) is 30.8 cm³/mol. The smallest absolute Gasteiger partial charge is 0.343 e. The second kappa shape index (κ2) is 2.31. The van der Waals surface area contributed by atoms with E-state index in [-0.39, 0.29) is 0 Å². The van der Waals surface area contributed by atoms with E-state index in [4.69, 9.17) is 16.9 Å². The van der Waals surface area contributed by atoms with Crippen LogP contribution in [0.25, 0.3) is 0 Å². The van der Waals surface area contributed by atoms with Gasteiger partial charge in [-0.3, -0.25) is 10.6 Å². The van der Waals surface area contributed by atoms with Gasteiger partial charge in [0.1, 0.15) is 0 Å². The van der Waals surface area contributed by atoms with Crippen molar-refractivity contribution in [1.82, 2.24) is 15.1 Å². The second-order valence-corrected chi connectivity index (χ2v) is 1.95. The van der Waals surface area contributed by atoms with Gasteiger partial charge in [0.15, 0.2) is 0 Å². The summed E-state index contributed by atoms with van der Waals surface area (Å²) in [6, 6.07) is -1.62. The number of imide groups is 1. The minimum absolute atomic E-state index is 0.432. The van der Waals surface area contributed by atoms with Crippen LogP contribution >= 0.6 is 11.8 Å². The van der Waals surface area contributed by atoms with E-state index < -0.39 is 18.4 Å². The highest BCUT2D eigenvalue weighted by Gasteiger charge is 2.28. The summed E-state index contributed by atoms with van der Waals surface area (Å²) in [4.78, 5) is 20.8. The van der Waals surface area contributed by atoms with Crippen LogP contribution < -0.4 is 10.6 Å². The lowest BCUT2D eigenvalue weighted by Crippen LogP contribution is -2.60. The van der Waals surface area contributed by atoms with Crippen molar-refractivity contribution >= 4 is 23.8 Å². The molecule has 0 aromatic heterocycles. The van der Waals surface area contributed by atoms with E-state index in [1.807, 2.05) is 5.32 Å². The standard InChI is InChI=1S/C3H4ClN3O3/c4-7-2(9)5-1(8)6-3(7)10/h2,9H,(H2,5,6,8,10). The summed E-state index contributed by atoms with van der Waals surface area (Å²) < 4.78 is 0.432. The van der Waals surface area contributed by atoms with Gasteiger partial charge in [0.2, 0.25) is 6.35 Å². The maximum Gasteiger partial charge on any atom is 0.343 e. The number of rotatable bonds is 0. The number of carbonyl (C=O) groups excluding carboxylic acids is 2.